The van der Waals surface area contributed by atoms with E-state index in [-0.39, 0.29) is 0 Å². The molecule has 0 saturated carbocycles. The molecule has 0 atom stereocenters. The topological polar surface area (TPSA) is 0 Å². The zero-order chi connectivity index (χ0) is 11.1. The van der Waals surface area contributed by atoms with Gasteiger partial charge in [0.25, 0.3) is 0 Å². The van der Waals surface area contributed by atoms with E-state index in [2.05, 4.69) is 57.2 Å². The summed E-state index contributed by atoms with van der Waals surface area (Å²) in [6.45, 7) is 6.78. The van der Waals surface area contributed by atoms with Crippen LogP contribution >= 0.6 is 0 Å². The molecule has 0 aliphatic heterocycles. The second-order valence-electron chi connectivity index (χ2n) is 4.44. The Kier molecular flexibility index (Phi) is 5.17. The maximum atomic E-state index is 2.36. The molecule has 0 aliphatic carbocycles. The van der Waals surface area contributed by atoms with Gasteiger partial charge in [0, 0.05) is 0 Å². The maximum Gasteiger partial charge on any atom is -0.0228 e. The minimum absolute atomic E-state index is 0.786. The van der Waals surface area contributed by atoms with E-state index in [0.717, 1.165) is 12.3 Å². The third kappa shape index (κ3) is 4.33. The van der Waals surface area contributed by atoms with E-state index >= 15 is 0 Å². The first-order valence-corrected chi connectivity index (χ1v) is 5.98. The summed E-state index contributed by atoms with van der Waals surface area (Å²) in [5.41, 5.74) is 2.90. The molecule has 0 heterocycles. The SMILES string of the molecule is CCC=C(CCC(C)C)c1ccccc1. The molecule has 15 heavy (non-hydrogen) atoms. The van der Waals surface area contributed by atoms with Crippen molar-refractivity contribution in [3.05, 3.63) is 42.0 Å². The van der Waals surface area contributed by atoms with E-state index in [1.54, 1.807) is 0 Å². The Morgan fingerprint density at radius 2 is 1.87 bits per heavy atom. The molecule has 0 radical (unpaired) electrons. The van der Waals surface area contributed by atoms with Crippen LogP contribution in [0.4, 0.5) is 0 Å². The quantitative estimate of drug-likeness (QED) is 0.636. The van der Waals surface area contributed by atoms with Gasteiger partial charge in [0.2, 0.25) is 0 Å². The highest BCUT2D eigenvalue weighted by atomic mass is 14.1. The molecule has 1 aromatic carbocycles. The Bertz CT molecular complexity index is 293. The fraction of sp³-hybridized carbons (Fsp3) is 0.467. The van der Waals surface area contributed by atoms with E-state index in [1.807, 2.05) is 0 Å². The highest BCUT2D eigenvalue weighted by Crippen LogP contribution is 2.22. The lowest BCUT2D eigenvalue weighted by Crippen LogP contribution is -1.90. The summed E-state index contributed by atoms with van der Waals surface area (Å²) in [6, 6.07) is 10.7. The van der Waals surface area contributed by atoms with Crippen molar-refractivity contribution in [2.75, 3.05) is 0 Å². The van der Waals surface area contributed by atoms with Crippen molar-refractivity contribution in [2.24, 2.45) is 5.92 Å². The number of benzene rings is 1. The third-order valence-corrected chi connectivity index (χ3v) is 2.59. The largest absolute Gasteiger partial charge is 0.0810 e. The molecule has 0 fully saturated rings. The van der Waals surface area contributed by atoms with E-state index in [4.69, 9.17) is 0 Å². The predicted octanol–water partition coefficient (Wildman–Crippen LogP) is 4.92. The smallest absolute Gasteiger partial charge is 0.0228 e. The van der Waals surface area contributed by atoms with Gasteiger partial charge in [0.1, 0.15) is 0 Å². The lowest BCUT2D eigenvalue weighted by molar-refractivity contribution is 0.598. The fourth-order valence-electron chi connectivity index (χ4n) is 1.71. The van der Waals surface area contributed by atoms with Crippen LogP contribution in [0.5, 0.6) is 0 Å². The molecule has 1 aromatic rings. The van der Waals surface area contributed by atoms with E-state index in [0.29, 0.717) is 0 Å². The van der Waals surface area contributed by atoms with Crippen LogP contribution in [0.2, 0.25) is 0 Å². The molecule has 0 spiro atoms. The molecule has 0 aliphatic rings. The Balaban J connectivity index is 2.71. The monoisotopic (exact) mass is 202 g/mol. The molecular weight excluding hydrogens is 180 g/mol. The second-order valence-corrected chi connectivity index (χ2v) is 4.44. The molecule has 0 heteroatoms. The fourth-order valence-corrected chi connectivity index (χ4v) is 1.71. The number of hydrogen-bond donors (Lipinski definition) is 0. The van der Waals surface area contributed by atoms with Crippen molar-refractivity contribution in [3.63, 3.8) is 0 Å². The maximum absolute atomic E-state index is 2.36. The molecule has 0 bridgehead atoms. The van der Waals surface area contributed by atoms with Gasteiger partial charge in [0.15, 0.2) is 0 Å². The molecule has 82 valence electrons. The summed E-state index contributed by atoms with van der Waals surface area (Å²) in [5.74, 6) is 0.786. The molecule has 1 rings (SSSR count). The van der Waals surface area contributed by atoms with Gasteiger partial charge < -0.3 is 0 Å². The summed E-state index contributed by atoms with van der Waals surface area (Å²) < 4.78 is 0. The van der Waals surface area contributed by atoms with Gasteiger partial charge in [-0.2, -0.15) is 0 Å². The number of rotatable bonds is 5. The lowest BCUT2D eigenvalue weighted by atomic mass is 9.96. The molecule has 0 saturated heterocycles. The summed E-state index contributed by atoms with van der Waals surface area (Å²) in [7, 11) is 0. The van der Waals surface area contributed by atoms with Gasteiger partial charge in [0.05, 0.1) is 0 Å². The van der Waals surface area contributed by atoms with Gasteiger partial charge in [-0.1, -0.05) is 57.2 Å². The van der Waals surface area contributed by atoms with Crippen LogP contribution in [-0.2, 0) is 0 Å². The van der Waals surface area contributed by atoms with Crippen molar-refractivity contribution in [1.29, 1.82) is 0 Å². The third-order valence-electron chi connectivity index (χ3n) is 2.59. The zero-order valence-corrected chi connectivity index (χ0v) is 10.2. The van der Waals surface area contributed by atoms with Crippen molar-refractivity contribution in [2.45, 2.75) is 40.0 Å². The Morgan fingerprint density at radius 3 is 2.40 bits per heavy atom. The minimum atomic E-state index is 0.786. The molecule has 0 nitrogen and oxygen atoms in total. The van der Waals surface area contributed by atoms with Gasteiger partial charge in [-0.3, -0.25) is 0 Å². The van der Waals surface area contributed by atoms with Gasteiger partial charge in [-0.15, -0.1) is 0 Å². The zero-order valence-electron chi connectivity index (χ0n) is 10.2. The summed E-state index contributed by atoms with van der Waals surface area (Å²) in [6.07, 6.45) is 5.97. The molecule has 0 unspecified atom stereocenters. The molecular formula is C15H22. The van der Waals surface area contributed by atoms with Crippen LogP contribution in [0.25, 0.3) is 5.57 Å². The van der Waals surface area contributed by atoms with Crippen molar-refractivity contribution >= 4 is 5.57 Å². The van der Waals surface area contributed by atoms with Crippen LogP contribution < -0.4 is 0 Å². The second kappa shape index (κ2) is 6.44. The van der Waals surface area contributed by atoms with Crippen molar-refractivity contribution < 1.29 is 0 Å². The molecule has 0 N–H and O–H groups in total. The first-order chi connectivity index (χ1) is 7.24. The van der Waals surface area contributed by atoms with Gasteiger partial charge in [-0.25, -0.2) is 0 Å². The number of allylic oxidation sites excluding steroid dienone is 2. The van der Waals surface area contributed by atoms with Crippen molar-refractivity contribution in [1.82, 2.24) is 0 Å². The highest BCUT2D eigenvalue weighted by Gasteiger charge is 2.02. The standard InChI is InChI=1S/C15H22/c1-4-8-14(12-11-13(2)3)15-9-6-5-7-10-15/h5-10,13H,4,11-12H2,1-3H3. The Morgan fingerprint density at radius 1 is 1.20 bits per heavy atom. The minimum Gasteiger partial charge on any atom is -0.0810 e. The predicted molar refractivity (Wildman–Crippen MR) is 68.8 cm³/mol. The number of hydrogen-bond acceptors (Lipinski definition) is 0. The van der Waals surface area contributed by atoms with E-state index in [9.17, 15) is 0 Å². The van der Waals surface area contributed by atoms with Gasteiger partial charge >= 0.3 is 0 Å². The summed E-state index contributed by atoms with van der Waals surface area (Å²) in [4.78, 5) is 0. The Hall–Kier alpha value is -1.04. The molecule has 0 amide bonds. The average Bonchev–Trinajstić information content (AvgIpc) is 2.25. The van der Waals surface area contributed by atoms with Crippen LogP contribution in [0.3, 0.4) is 0 Å². The molecule has 0 aromatic heterocycles. The Labute approximate surface area is 94.0 Å². The van der Waals surface area contributed by atoms with Crippen LogP contribution in [0.15, 0.2) is 36.4 Å². The van der Waals surface area contributed by atoms with Crippen LogP contribution in [-0.4, -0.2) is 0 Å². The van der Waals surface area contributed by atoms with Crippen LogP contribution in [0, 0.1) is 5.92 Å². The first-order valence-electron chi connectivity index (χ1n) is 5.98. The van der Waals surface area contributed by atoms with Crippen LogP contribution in [0.1, 0.15) is 45.6 Å². The summed E-state index contributed by atoms with van der Waals surface area (Å²) in [5, 5.41) is 0. The normalized spacial score (nSPS) is 12.1. The van der Waals surface area contributed by atoms with E-state index < -0.39 is 0 Å². The highest BCUT2D eigenvalue weighted by molar-refractivity contribution is 5.65. The summed E-state index contributed by atoms with van der Waals surface area (Å²) >= 11 is 0. The average molecular weight is 202 g/mol. The van der Waals surface area contributed by atoms with Crippen molar-refractivity contribution in [3.8, 4) is 0 Å². The van der Waals surface area contributed by atoms with E-state index in [1.165, 1.54) is 24.0 Å². The lowest BCUT2D eigenvalue weighted by Gasteiger charge is -2.09. The van der Waals surface area contributed by atoms with Gasteiger partial charge in [-0.05, 0) is 36.3 Å². The first kappa shape index (κ1) is 12.0.